The topological polar surface area (TPSA) is 41.6 Å². The minimum absolute atomic E-state index is 0.0432. The van der Waals surface area contributed by atoms with E-state index in [1.54, 1.807) is 24.9 Å². The third-order valence-corrected chi connectivity index (χ3v) is 6.04. The van der Waals surface area contributed by atoms with Crippen LogP contribution in [0.3, 0.4) is 0 Å². The number of nitrogens with zero attached hydrogens (tertiary/aromatic N) is 1. The Kier molecular flexibility index (Phi) is 6.98. The van der Waals surface area contributed by atoms with Gasteiger partial charge in [0.2, 0.25) is 0 Å². The van der Waals surface area contributed by atoms with E-state index in [0.717, 1.165) is 35.5 Å². The van der Waals surface area contributed by atoms with Crippen LogP contribution < -0.4 is 10.1 Å². The predicted molar refractivity (Wildman–Crippen MR) is 108 cm³/mol. The van der Waals surface area contributed by atoms with Crippen LogP contribution in [0.25, 0.3) is 0 Å². The molecule has 6 heteroatoms. The van der Waals surface area contributed by atoms with Crippen molar-refractivity contribution >= 4 is 17.8 Å². The Morgan fingerprint density at radius 1 is 1.22 bits per heavy atom. The molecule has 0 radical (unpaired) electrons. The average Bonchev–Trinajstić information content (AvgIpc) is 2.95. The van der Waals surface area contributed by atoms with Gasteiger partial charge in [-0.15, -0.1) is 0 Å². The summed E-state index contributed by atoms with van der Waals surface area (Å²) in [6.45, 7) is 1.91. The number of carbonyl (C=O) groups excluding carboxylic acids is 1. The Labute approximate surface area is 164 Å². The summed E-state index contributed by atoms with van der Waals surface area (Å²) in [6.07, 6.45) is 1.54. The van der Waals surface area contributed by atoms with Crippen LogP contribution in [-0.2, 0) is 6.42 Å². The van der Waals surface area contributed by atoms with Crippen molar-refractivity contribution in [2.24, 2.45) is 0 Å². The van der Waals surface area contributed by atoms with Gasteiger partial charge < -0.3 is 15.0 Å². The van der Waals surface area contributed by atoms with Crippen LogP contribution >= 0.6 is 11.8 Å². The van der Waals surface area contributed by atoms with Gasteiger partial charge in [0.25, 0.3) is 0 Å². The van der Waals surface area contributed by atoms with E-state index in [-0.39, 0.29) is 17.1 Å². The Bertz CT molecular complexity index is 754. The van der Waals surface area contributed by atoms with Crippen molar-refractivity contribution in [3.05, 3.63) is 65.5 Å². The maximum Gasteiger partial charge on any atom is 0.317 e. The SMILES string of the molecule is COc1ccc(CCNC(=O)N2CCS[C@@H](c3ccccc3F)CC2)cc1. The quantitative estimate of drug-likeness (QED) is 0.832. The lowest BCUT2D eigenvalue weighted by molar-refractivity contribution is 0.201. The molecule has 0 spiro atoms. The molecule has 4 nitrogen and oxygen atoms in total. The summed E-state index contributed by atoms with van der Waals surface area (Å²) < 4.78 is 19.2. The molecular formula is C21H25FN2O2S. The monoisotopic (exact) mass is 388 g/mol. The maximum absolute atomic E-state index is 14.0. The standard InChI is InChI=1S/C21H25FN2O2S/c1-26-17-8-6-16(7-9-17)10-12-23-21(25)24-13-11-20(27-15-14-24)18-4-2-3-5-19(18)22/h2-9,20H,10-15H2,1H3,(H,23,25)/t20-/m1/s1. The highest BCUT2D eigenvalue weighted by Crippen LogP contribution is 2.35. The van der Waals surface area contributed by atoms with Crippen LogP contribution in [0, 0.1) is 5.82 Å². The zero-order valence-corrected chi connectivity index (χ0v) is 16.3. The fourth-order valence-electron chi connectivity index (χ4n) is 3.18. The van der Waals surface area contributed by atoms with Gasteiger partial charge in [0.1, 0.15) is 11.6 Å². The van der Waals surface area contributed by atoms with Crippen LogP contribution in [-0.4, -0.2) is 43.4 Å². The van der Waals surface area contributed by atoms with Gasteiger partial charge in [-0.25, -0.2) is 9.18 Å². The molecule has 0 saturated carbocycles. The molecule has 2 amide bonds. The fourth-order valence-corrected chi connectivity index (χ4v) is 4.43. The molecule has 0 aromatic heterocycles. The number of urea groups is 1. The van der Waals surface area contributed by atoms with Crippen molar-refractivity contribution in [2.45, 2.75) is 18.1 Å². The van der Waals surface area contributed by atoms with Gasteiger partial charge in [-0.3, -0.25) is 0 Å². The minimum Gasteiger partial charge on any atom is -0.497 e. The van der Waals surface area contributed by atoms with Crippen LogP contribution in [0.15, 0.2) is 48.5 Å². The number of amides is 2. The molecule has 0 aliphatic carbocycles. The third-order valence-electron chi connectivity index (χ3n) is 4.73. The lowest BCUT2D eigenvalue weighted by Crippen LogP contribution is -2.41. The molecule has 1 fully saturated rings. The Hall–Kier alpha value is -2.21. The van der Waals surface area contributed by atoms with E-state index in [0.29, 0.717) is 19.6 Å². The van der Waals surface area contributed by atoms with E-state index >= 15 is 0 Å². The van der Waals surface area contributed by atoms with Gasteiger partial charge >= 0.3 is 6.03 Å². The first kappa shape index (κ1) is 19.5. The van der Waals surface area contributed by atoms with Crippen LogP contribution in [0.1, 0.15) is 22.8 Å². The summed E-state index contributed by atoms with van der Waals surface area (Å²) in [5, 5.41) is 3.10. The smallest absolute Gasteiger partial charge is 0.317 e. The minimum atomic E-state index is -0.160. The van der Waals surface area contributed by atoms with Gasteiger partial charge in [0.05, 0.1) is 7.11 Å². The number of hydrogen-bond donors (Lipinski definition) is 1. The molecule has 0 unspecified atom stereocenters. The van der Waals surface area contributed by atoms with Crippen molar-refractivity contribution in [1.82, 2.24) is 10.2 Å². The first-order chi connectivity index (χ1) is 13.2. The van der Waals surface area contributed by atoms with Crippen molar-refractivity contribution in [3.8, 4) is 5.75 Å². The van der Waals surface area contributed by atoms with Crippen LogP contribution in [0.2, 0.25) is 0 Å². The first-order valence-corrected chi connectivity index (χ1v) is 10.2. The number of carbonyl (C=O) groups is 1. The summed E-state index contributed by atoms with van der Waals surface area (Å²) >= 11 is 1.72. The van der Waals surface area contributed by atoms with E-state index < -0.39 is 0 Å². The molecule has 1 saturated heterocycles. The lowest BCUT2D eigenvalue weighted by atomic mass is 10.1. The van der Waals surface area contributed by atoms with E-state index in [1.807, 2.05) is 41.3 Å². The van der Waals surface area contributed by atoms with E-state index in [1.165, 1.54) is 6.07 Å². The molecule has 2 aromatic carbocycles. The predicted octanol–water partition coefficient (Wildman–Crippen LogP) is 4.27. The number of thioether (sulfide) groups is 1. The van der Waals surface area contributed by atoms with Crippen molar-refractivity contribution < 1.29 is 13.9 Å². The molecule has 1 N–H and O–H groups in total. The molecule has 1 aliphatic heterocycles. The molecule has 144 valence electrons. The average molecular weight is 389 g/mol. The second-order valence-corrected chi connectivity index (χ2v) is 7.80. The Balaban J connectivity index is 1.47. The molecule has 27 heavy (non-hydrogen) atoms. The number of benzene rings is 2. The van der Waals surface area contributed by atoms with Crippen molar-refractivity contribution in [1.29, 1.82) is 0 Å². The summed E-state index contributed by atoms with van der Waals surface area (Å²) in [5.41, 5.74) is 1.89. The Morgan fingerprint density at radius 2 is 2.00 bits per heavy atom. The maximum atomic E-state index is 14.0. The van der Waals surface area contributed by atoms with Gasteiger partial charge in [-0.05, 0) is 36.6 Å². The lowest BCUT2D eigenvalue weighted by Gasteiger charge is -2.21. The van der Waals surface area contributed by atoms with Gasteiger partial charge in [0, 0.05) is 36.2 Å². The zero-order valence-electron chi connectivity index (χ0n) is 15.5. The van der Waals surface area contributed by atoms with Gasteiger partial charge in [0.15, 0.2) is 0 Å². The number of nitrogens with one attached hydrogen (secondary N) is 1. The van der Waals surface area contributed by atoms with Crippen LogP contribution in [0.4, 0.5) is 9.18 Å². The summed E-state index contributed by atoms with van der Waals surface area (Å²) in [5.74, 6) is 1.48. The fraction of sp³-hybridized carbons (Fsp3) is 0.381. The normalized spacial score (nSPS) is 17.3. The second-order valence-electron chi connectivity index (χ2n) is 6.49. The van der Waals surface area contributed by atoms with Crippen LogP contribution in [0.5, 0.6) is 5.75 Å². The highest BCUT2D eigenvalue weighted by atomic mass is 32.2. The van der Waals surface area contributed by atoms with Crippen molar-refractivity contribution in [2.75, 3.05) is 32.5 Å². The molecule has 1 atom stereocenters. The largest absolute Gasteiger partial charge is 0.497 e. The Morgan fingerprint density at radius 3 is 2.74 bits per heavy atom. The number of rotatable bonds is 5. The zero-order chi connectivity index (χ0) is 19.1. The molecule has 1 heterocycles. The summed E-state index contributed by atoms with van der Waals surface area (Å²) in [4.78, 5) is 14.3. The third kappa shape index (κ3) is 5.39. The van der Waals surface area contributed by atoms with Gasteiger partial charge in [-0.1, -0.05) is 30.3 Å². The van der Waals surface area contributed by atoms with E-state index in [9.17, 15) is 9.18 Å². The van der Waals surface area contributed by atoms with Gasteiger partial charge in [-0.2, -0.15) is 11.8 Å². The van der Waals surface area contributed by atoms with Crippen molar-refractivity contribution in [3.63, 3.8) is 0 Å². The molecular weight excluding hydrogens is 363 g/mol. The number of methoxy groups -OCH3 is 1. The molecule has 2 aromatic rings. The van der Waals surface area contributed by atoms with E-state index in [4.69, 9.17) is 4.74 Å². The highest BCUT2D eigenvalue weighted by molar-refractivity contribution is 7.99. The number of halogens is 1. The second kappa shape index (κ2) is 9.65. The molecule has 3 rings (SSSR count). The summed E-state index contributed by atoms with van der Waals surface area (Å²) in [7, 11) is 1.64. The number of ether oxygens (including phenoxy) is 1. The van der Waals surface area contributed by atoms with E-state index in [2.05, 4.69) is 5.32 Å². The highest BCUT2D eigenvalue weighted by Gasteiger charge is 2.23. The summed E-state index contributed by atoms with van der Waals surface area (Å²) in [6, 6.07) is 14.7. The molecule has 1 aliphatic rings. The first-order valence-electron chi connectivity index (χ1n) is 9.19. The number of hydrogen-bond acceptors (Lipinski definition) is 3. The molecule has 0 bridgehead atoms.